The zero-order valence-electron chi connectivity index (χ0n) is 7.04. The minimum absolute atomic E-state index is 0. The fraction of sp³-hybridized carbons (Fsp3) is 0.857. The van der Waals surface area contributed by atoms with Crippen LogP contribution in [0.5, 0.6) is 0 Å². The fourth-order valence-electron chi connectivity index (χ4n) is 1.61. The fourth-order valence-corrected chi connectivity index (χ4v) is 1.61. The van der Waals surface area contributed by atoms with Crippen LogP contribution in [0.4, 0.5) is 0 Å². The maximum Gasteiger partial charge on any atom is 1.00 e. The summed E-state index contributed by atoms with van der Waals surface area (Å²) in [5.41, 5.74) is -1.12. The van der Waals surface area contributed by atoms with E-state index in [4.69, 9.17) is 9.47 Å². The van der Waals surface area contributed by atoms with Crippen LogP contribution in [0.3, 0.4) is 0 Å². The van der Waals surface area contributed by atoms with Gasteiger partial charge in [-0.05, 0) is 6.42 Å². The van der Waals surface area contributed by atoms with E-state index in [2.05, 4.69) is 0 Å². The molecule has 0 spiro atoms. The summed E-state index contributed by atoms with van der Waals surface area (Å²) in [7, 11) is 0. The first-order valence-corrected chi connectivity index (χ1v) is 3.70. The summed E-state index contributed by atoms with van der Waals surface area (Å²) in [5.74, 6) is -1.14. The molecular formula is C7H9NaO4. The monoisotopic (exact) mass is 180 g/mol. The second-order valence-electron chi connectivity index (χ2n) is 3.06. The molecule has 5 heteroatoms. The van der Waals surface area contributed by atoms with Gasteiger partial charge in [-0.3, -0.25) is 0 Å². The molecule has 0 saturated carbocycles. The SMILES string of the molecule is O=C([O-])C12COC(CCO1)C2.[Na+]. The molecule has 62 valence electrons. The van der Waals surface area contributed by atoms with Crippen LogP contribution in [0, 0.1) is 0 Å². The first-order valence-electron chi connectivity index (χ1n) is 3.70. The largest absolute Gasteiger partial charge is 1.00 e. The third-order valence-corrected chi connectivity index (χ3v) is 2.30. The van der Waals surface area contributed by atoms with Gasteiger partial charge in [-0.2, -0.15) is 0 Å². The molecule has 2 fully saturated rings. The maximum absolute atomic E-state index is 10.6. The van der Waals surface area contributed by atoms with Crippen molar-refractivity contribution in [1.82, 2.24) is 0 Å². The molecule has 2 bridgehead atoms. The van der Waals surface area contributed by atoms with Gasteiger partial charge in [0.2, 0.25) is 0 Å². The Bertz CT molecular complexity index is 192. The van der Waals surface area contributed by atoms with Gasteiger partial charge in [0.1, 0.15) is 5.60 Å². The Morgan fingerprint density at radius 3 is 2.92 bits per heavy atom. The number of carboxylic acid groups (broad SMARTS) is 1. The van der Waals surface area contributed by atoms with Gasteiger partial charge in [0.05, 0.1) is 25.3 Å². The van der Waals surface area contributed by atoms with Crippen molar-refractivity contribution < 1.29 is 48.9 Å². The van der Waals surface area contributed by atoms with E-state index in [1.165, 1.54) is 0 Å². The summed E-state index contributed by atoms with van der Waals surface area (Å²) >= 11 is 0. The van der Waals surface area contributed by atoms with E-state index in [1.807, 2.05) is 0 Å². The van der Waals surface area contributed by atoms with Crippen LogP contribution in [0.15, 0.2) is 0 Å². The van der Waals surface area contributed by atoms with E-state index in [1.54, 1.807) is 0 Å². The molecule has 2 unspecified atom stereocenters. The first-order chi connectivity index (χ1) is 5.23. The van der Waals surface area contributed by atoms with Crippen molar-refractivity contribution in [3.05, 3.63) is 0 Å². The van der Waals surface area contributed by atoms with Crippen LogP contribution in [-0.2, 0) is 14.3 Å². The summed E-state index contributed by atoms with van der Waals surface area (Å²) in [6.45, 7) is 0.624. The molecule has 2 heterocycles. The van der Waals surface area contributed by atoms with Crippen molar-refractivity contribution in [2.75, 3.05) is 13.2 Å². The van der Waals surface area contributed by atoms with Crippen molar-refractivity contribution in [3.8, 4) is 0 Å². The summed E-state index contributed by atoms with van der Waals surface area (Å²) in [6, 6.07) is 0. The van der Waals surface area contributed by atoms with Gasteiger partial charge in [-0.25, -0.2) is 0 Å². The number of fused-ring (bicyclic) bond motifs is 2. The zero-order valence-corrected chi connectivity index (χ0v) is 9.04. The van der Waals surface area contributed by atoms with Gasteiger partial charge >= 0.3 is 29.6 Å². The molecule has 0 aromatic carbocycles. The Balaban J connectivity index is 0.000000720. The van der Waals surface area contributed by atoms with Crippen molar-refractivity contribution >= 4 is 5.97 Å². The molecule has 2 aliphatic heterocycles. The van der Waals surface area contributed by atoms with E-state index in [0.717, 1.165) is 6.42 Å². The number of carbonyl (C=O) groups excluding carboxylic acids is 1. The Morgan fingerprint density at radius 2 is 2.33 bits per heavy atom. The van der Waals surface area contributed by atoms with E-state index in [0.29, 0.717) is 13.0 Å². The number of hydrogen-bond acceptors (Lipinski definition) is 4. The molecule has 0 radical (unpaired) electrons. The molecule has 0 amide bonds. The summed E-state index contributed by atoms with van der Waals surface area (Å²) in [5, 5.41) is 10.6. The van der Waals surface area contributed by atoms with Crippen LogP contribution in [0.2, 0.25) is 0 Å². The van der Waals surface area contributed by atoms with Gasteiger partial charge in [0.15, 0.2) is 0 Å². The Kier molecular flexibility index (Phi) is 3.17. The Morgan fingerprint density at radius 1 is 1.58 bits per heavy atom. The molecule has 2 aliphatic rings. The van der Waals surface area contributed by atoms with Crippen LogP contribution in [0.1, 0.15) is 12.8 Å². The average molecular weight is 180 g/mol. The van der Waals surface area contributed by atoms with Gasteiger partial charge in [0.25, 0.3) is 0 Å². The second-order valence-corrected chi connectivity index (χ2v) is 3.06. The minimum atomic E-state index is -1.14. The van der Waals surface area contributed by atoms with Gasteiger partial charge in [-0.1, -0.05) is 0 Å². The Hall–Kier alpha value is 0.390. The molecule has 4 nitrogen and oxygen atoms in total. The van der Waals surface area contributed by atoms with E-state index < -0.39 is 11.6 Å². The van der Waals surface area contributed by atoms with Crippen LogP contribution in [0.25, 0.3) is 0 Å². The van der Waals surface area contributed by atoms with Gasteiger partial charge in [0, 0.05) is 6.42 Å². The molecule has 0 aliphatic carbocycles. The van der Waals surface area contributed by atoms with Gasteiger partial charge < -0.3 is 19.4 Å². The molecular weight excluding hydrogens is 171 g/mol. The smallest absolute Gasteiger partial charge is 0.547 e. The Labute approximate surface area is 92.5 Å². The van der Waals surface area contributed by atoms with Crippen molar-refractivity contribution in [1.29, 1.82) is 0 Å². The number of carboxylic acids is 1. The number of aliphatic carboxylic acids is 1. The average Bonchev–Trinajstić information content (AvgIpc) is 2.29. The molecule has 0 aromatic rings. The molecule has 2 atom stereocenters. The van der Waals surface area contributed by atoms with Crippen LogP contribution >= 0.6 is 0 Å². The summed E-state index contributed by atoms with van der Waals surface area (Å²) < 4.78 is 10.3. The van der Waals surface area contributed by atoms with Gasteiger partial charge in [-0.15, -0.1) is 0 Å². The minimum Gasteiger partial charge on any atom is -0.547 e. The van der Waals surface area contributed by atoms with Crippen LogP contribution < -0.4 is 34.7 Å². The topological polar surface area (TPSA) is 58.6 Å². The van der Waals surface area contributed by atoms with Crippen molar-refractivity contribution in [3.63, 3.8) is 0 Å². The van der Waals surface area contributed by atoms with E-state index in [9.17, 15) is 9.90 Å². The number of carbonyl (C=O) groups is 1. The quantitative estimate of drug-likeness (QED) is 0.383. The molecule has 0 aromatic heterocycles. The zero-order chi connectivity index (χ0) is 7.90. The molecule has 0 N–H and O–H groups in total. The number of ether oxygens (including phenoxy) is 2. The third kappa shape index (κ3) is 1.54. The first kappa shape index (κ1) is 10.5. The third-order valence-electron chi connectivity index (χ3n) is 2.30. The maximum atomic E-state index is 10.6. The normalized spacial score (nSPS) is 38.8. The van der Waals surface area contributed by atoms with E-state index >= 15 is 0 Å². The van der Waals surface area contributed by atoms with Crippen molar-refractivity contribution in [2.24, 2.45) is 0 Å². The number of hydrogen-bond donors (Lipinski definition) is 0. The molecule has 2 rings (SSSR count). The van der Waals surface area contributed by atoms with E-state index in [-0.39, 0.29) is 42.3 Å². The molecule has 12 heavy (non-hydrogen) atoms. The standard InChI is InChI=1S/C7H10O4.Na/c8-6(9)7-3-5(10-4-7)1-2-11-7;/h5H,1-4H2,(H,8,9);/q;+1/p-1. The molecule has 2 saturated heterocycles. The predicted molar refractivity (Wildman–Crippen MR) is 32.7 cm³/mol. The predicted octanol–water partition coefficient (Wildman–Crippen LogP) is -4.31. The van der Waals surface area contributed by atoms with Crippen molar-refractivity contribution in [2.45, 2.75) is 24.5 Å². The number of rotatable bonds is 1. The summed E-state index contributed by atoms with van der Waals surface area (Å²) in [6.07, 6.45) is 1.33. The second kappa shape index (κ2) is 3.64. The van der Waals surface area contributed by atoms with Crippen LogP contribution in [-0.4, -0.2) is 30.9 Å². The summed E-state index contributed by atoms with van der Waals surface area (Å²) in [4.78, 5) is 10.6.